The Bertz CT molecular complexity index is 2980. The van der Waals surface area contributed by atoms with Gasteiger partial charge in [0.15, 0.2) is 12.1 Å². The molecule has 4 aliphatic rings. The van der Waals surface area contributed by atoms with E-state index in [4.69, 9.17) is 14.5 Å². The van der Waals surface area contributed by atoms with Gasteiger partial charge in [-0.2, -0.15) is 5.10 Å². The van der Waals surface area contributed by atoms with E-state index in [0.29, 0.717) is 70.5 Å². The van der Waals surface area contributed by atoms with E-state index in [9.17, 15) is 34.5 Å². The molecule has 5 N–H and O–H groups in total. The first-order valence-electron chi connectivity index (χ1n) is 20.4. The molecule has 6 aromatic rings. The Morgan fingerprint density at radius 3 is 2.55 bits per heavy atom. The summed E-state index contributed by atoms with van der Waals surface area (Å²) in [6.07, 6.45) is -1.07. The second-order valence-electron chi connectivity index (χ2n) is 16.7. The highest BCUT2D eigenvalue weighted by Crippen LogP contribution is 2.49. The number of aromatic nitrogens is 5. The maximum atomic E-state index is 15.3. The van der Waals surface area contributed by atoms with Crippen molar-refractivity contribution in [1.82, 2.24) is 34.5 Å². The molecule has 2 aliphatic heterocycles. The number of alkyl carbamates (subject to hydrolysis) is 1. The molecule has 17 heteroatoms. The Morgan fingerprint density at radius 1 is 1.06 bits per heavy atom. The number of aldehydes is 1. The van der Waals surface area contributed by atoms with Crippen molar-refractivity contribution in [3.05, 3.63) is 120 Å². The van der Waals surface area contributed by atoms with Crippen molar-refractivity contribution in [2.75, 3.05) is 20.2 Å². The summed E-state index contributed by atoms with van der Waals surface area (Å²) in [4.78, 5) is 59.1. The molecule has 0 bridgehead atoms. The second kappa shape index (κ2) is 14.7. The molecule has 62 heavy (non-hydrogen) atoms. The van der Waals surface area contributed by atoms with Crippen LogP contribution in [0, 0.1) is 31.5 Å². The summed E-state index contributed by atoms with van der Waals surface area (Å²) in [6.45, 7) is 5.52. The highest BCUT2D eigenvalue weighted by molar-refractivity contribution is 5.93. The number of aryl methyl sites for hydroxylation is 2. The number of amides is 1. The number of H-pyrrole nitrogens is 1. The molecule has 1 saturated carbocycles. The van der Waals surface area contributed by atoms with Crippen molar-refractivity contribution < 1.29 is 38.8 Å². The zero-order chi connectivity index (χ0) is 43.3. The molecule has 1 amide bonds. The van der Waals surface area contributed by atoms with Gasteiger partial charge >= 0.3 is 11.8 Å². The van der Waals surface area contributed by atoms with Crippen molar-refractivity contribution in [3.8, 4) is 40.0 Å². The van der Waals surface area contributed by atoms with Gasteiger partial charge in [-0.3, -0.25) is 9.69 Å². The zero-order valence-corrected chi connectivity index (χ0v) is 33.9. The van der Waals surface area contributed by atoms with E-state index < -0.39 is 35.3 Å². The van der Waals surface area contributed by atoms with Crippen LogP contribution in [0.2, 0.25) is 0 Å². The number of phenols is 2. The number of aliphatic hydroxyl groups is 1. The number of aliphatic hydroxyl groups excluding tert-OH is 1. The molecule has 2 aliphatic carbocycles. The van der Waals surface area contributed by atoms with Gasteiger partial charge in [-0.25, -0.2) is 28.6 Å². The van der Waals surface area contributed by atoms with Gasteiger partial charge in [-0.15, -0.1) is 0 Å². The Morgan fingerprint density at radius 2 is 1.82 bits per heavy atom. The Labute approximate surface area is 352 Å². The summed E-state index contributed by atoms with van der Waals surface area (Å²) in [5.74, 6) is -0.137. The number of ether oxygens (including phenoxy) is 2. The quantitative estimate of drug-likeness (QED) is 0.122. The van der Waals surface area contributed by atoms with Gasteiger partial charge in [-0.05, 0) is 78.8 Å². The van der Waals surface area contributed by atoms with Crippen LogP contribution >= 0.6 is 0 Å². The van der Waals surface area contributed by atoms with Crippen LogP contribution in [0.15, 0.2) is 58.1 Å². The molecule has 1 saturated heterocycles. The standard InChI is InChI=1S/C45H42FN7O9/c1-20-10-26(36(56)13-35(20)55)42-49-50-44(59)53(42)23-6-4-22(5-7-23)14-51-15-27-28(16-51)41(27)62-45(60)48-32-9-8-24-21(2)31(46)12-33-38(24)39(32)29-17-52-34(40(29)47-33)11-25(37(57)18-54)30(19-61-3)43(52)58/h4-7,10-13,18,27-28,32,37,41,55-57H,8-9,14-17,19H2,1-3H3,(H,48,60)(H,50,59). The van der Waals surface area contributed by atoms with Crippen LogP contribution in [0.3, 0.4) is 0 Å². The number of phenolic OH excluding ortho intramolecular Hbond substituents is 2. The Hall–Kier alpha value is -6.69. The molecule has 10 rings (SSSR count). The number of hydrogen-bond acceptors (Lipinski definition) is 12. The average Bonchev–Trinajstić information content (AvgIpc) is 3.60. The highest BCUT2D eigenvalue weighted by atomic mass is 19.1. The number of carbonyl (C=O) groups is 2. The largest absolute Gasteiger partial charge is 0.508 e. The van der Waals surface area contributed by atoms with E-state index in [1.807, 2.05) is 24.3 Å². The number of piperidine rings is 1. The van der Waals surface area contributed by atoms with Gasteiger partial charge in [0.1, 0.15) is 29.5 Å². The van der Waals surface area contributed by atoms with Crippen LogP contribution in [0.1, 0.15) is 63.1 Å². The van der Waals surface area contributed by atoms with Gasteiger partial charge in [-0.1, -0.05) is 12.1 Å². The molecule has 5 heterocycles. The number of pyridine rings is 2. The minimum Gasteiger partial charge on any atom is -0.508 e. The van der Waals surface area contributed by atoms with Gasteiger partial charge in [0.2, 0.25) is 0 Å². The third-order valence-corrected chi connectivity index (χ3v) is 13.1. The molecule has 3 aromatic heterocycles. The van der Waals surface area contributed by atoms with Crippen molar-refractivity contribution >= 4 is 23.3 Å². The molecule has 0 spiro atoms. The molecule has 4 unspecified atom stereocenters. The maximum Gasteiger partial charge on any atom is 0.407 e. The fourth-order valence-electron chi connectivity index (χ4n) is 9.89. The van der Waals surface area contributed by atoms with E-state index >= 15 is 4.39 Å². The molecule has 4 atom stereocenters. The highest BCUT2D eigenvalue weighted by Gasteiger charge is 2.58. The number of methoxy groups -OCH3 is 1. The molecular formula is C45H42FN7O9. The lowest BCUT2D eigenvalue weighted by Crippen LogP contribution is -2.34. The first kappa shape index (κ1) is 39.4. The van der Waals surface area contributed by atoms with Crippen LogP contribution < -0.4 is 16.6 Å². The van der Waals surface area contributed by atoms with Gasteiger partial charge in [0, 0.05) is 72.8 Å². The first-order valence-corrected chi connectivity index (χ1v) is 20.4. The van der Waals surface area contributed by atoms with Gasteiger partial charge < -0.3 is 39.5 Å². The molecule has 3 aromatic carbocycles. The predicted molar refractivity (Wildman–Crippen MR) is 221 cm³/mol. The number of likely N-dealkylation sites (tertiary alicyclic amines) is 1. The maximum absolute atomic E-state index is 15.3. The molecule has 16 nitrogen and oxygen atoms in total. The predicted octanol–water partition coefficient (Wildman–Crippen LogP) is 4.36. The number of carbonyl (C=O) groups excluding carboxylic acids is 2. The first-order chi connectivity index (χ1) is 29.8. The molecule has 318 valence electrons. The summed E-state index contributed by atoms with van der Waals surface area (Å²) < 4.78 is 29.5. The number of rotatable bonds is 10. The third kappa shape index (κ3) is 6.29. The monoisotopic (exact) mass is 843 g/mol. The Kier molecular flexibility index (Phi) is 9.38. The number of fused-ring (bicyclic) bond motifs is 5. The normalized spacial score (nSPS) is 20.1. The number of hydrogen-bond donors (Lipinski definition) is 5. The summed E-state index contributed by atoms with van der Waals surface area (Å²) in [5.41, 5.74) is 5.67. The SMILES string of the molecule is COCc1c(C(O)C=O)cc2n(c1=O)Cc1c-2nc2cc(F)c(C)c3c2c1C(NC(=O)OC1C2CN(Cc4ccc(-n5c(-c6cc(C)c(O)cc6O)n[nH]c5=O)cc4)CC21)CC3. The van der Waals surface area contributed by atoms with Crippen molar-refractivity contribution in [3.63, 3.8) is 0 Å². The van der Waals surface area contributed by atoms with Crippen molar-refractivity contribution in [2.45, 2.75) is 64.6 Å². The van der Waals surface area contributed by atoms with E-state index in [2.05, 4.69) is 20.4 Å². The number of aromatic hydroxyl groups is 2. The van der Waals surface area contributed by atoms with Crippen LogP contribution in [-0.4, -0.2) is 83.2 Å². The summed E-state index contributed by atoms with van der Waals surface area (Å²) in [7, 11) is 1.42. The summed E-state index contributed by atoms with van der Waals surface area (Å²) in [6, 6.07) is 12.7. The lowest BCUT2D eigenvalue weighted by atomic mass is 9.82. The van der Waals surface area contributed by atoms with Crippen LogP contribution in [0.4, 0.5) is 9.18 Å². The zero-order valence-electron chi connectivity index (χ0n) is 33.9. The third-order valence-electron chi connectivity index (χ3n) is 13.1. The smallest absolute Gasteiger partial charge is 0.407 e. The lowest BCUT2D eigenvalue weighted by Gasteiger charge is -2.29. The number of halogens is 1. The number of aromatic amines is 1. The van der Waals surface area contributed by atoms with E-state index in [1.54, 1.807) is 26.0 Å². The van der Waals surface area contributed by atoms with Crippen LogP contribution in [-0.2, 0) is 40.4 Å². The molecule has 2 fully saturated rings. The minimum absolute atomic E-state index is 0.0674. The summed E-state index contributed by atoms with van der Waals surface area (Å²) in [5, 5.41) is 41.5. The average molecular weight is 844 g/mol. The van der Waals surface area contributed by atoms with Crippen molar-refractivity contribution in [2.24, 2.45) is 11.8 Å². The second-order valence-corrected chi connectivity index (χ2v) is 16.7. The van der Waals surface area contributed by atoms with Crippen LogP contribution in [0.25, 0.3) is 39.4 Å². The minimum atomic E-state index is -1.56. The summed E-state index contributed by atoms with van der Waals surface area (Å²) >= 11 is 0. The number of nitrogens with one attached hydrogen (secondary N) is 2. The number of benzene rings is 3. The van der Waals surface area contributed by atoms with E-state index in [1.165, 1.54) is 28.4 Å². The van der Waals surface area contributed by atoms with Gasteiger partial charge in [0.25, 0.3) is 5.56 Å². The molecule has 0 radical (unpaired) electrons. The van der Waals surface area contributed by atoms with Crippen LogP contribution in [0.5, 0.6) is 11.5 Å². The fourth-order valence-corrected chi connectivity index (χ4v) is 9.89. The topological polar surface area (TPSA) is 214 Å². The van der Waals surface area contributed by atoms with E-state index in [0.717, 1.165) is 35.2 Å². The number of nitrogens with zero attached hydrogens (tertiary/aromatic N) is 5. The Balaban J connectivity index is 0.837. The van der Waals surface area contributed by atoms with Crippen molar-refractivity contribution in [1.29, 1.82) is 0 Å². The van der Waals surface area contributed by atoms with E-state index in [-0.39, 0.29) is 59.5 Å². The lowest BCUT2D eigenvalue weighted by molar-refractivity contribution is -0.115. The van der Waals surface area contributed by atoms with Gasteiger partial charge in [0.05, 0.1) is 47.3 Å². The fraction of sp³-hybridized carbons (Fsp3) is 0.333. The molecular weight excluding hydrogens is 802 g/mol.